The predicted molar refractivity (Wildman–Crippen MR) is 159 cm³/mol. The molecule has 4 amide bonds. The largest absolute Gasteiger partial charge is 0.357 e. The number of nitrogens with zero attached hydrogens (tertiary/aromatic N) is 4. The van der Waals surface area contributed by atoms with Crippen molar-refractivity contribution in [2.75, 3.05) is 13.6 Å². The lowest BCUT2D eigenvalue weighted by atomic mass is 9.76. The molecule has 1 aromatic carbocycles. The minimum absolute atomic E-state index is 0.0105. The Morgan fingerprint density at radius 3 is 2.60 bits per heavy atom. The molecule has 3 aliphatic rings. The topological polar surface area (TPSA) is 137 Å². The highest BCUT2D eigenvalue weighted by atomic mass is 16.2. The Morgan fingerprint density at radius 1 is 1.14 bits per heavy atom. The molecule has 224 valence electrons. The molecule has 1 saturated heterocycles. The van der Waals surface area contributed by atoms with E-state index in [0.29, 0.717) is 31.5 Å². The zero-order valence-corrected chi connectivity index (χ0v) is 25.0. The van der Waals surface area contributed by atoms with Gasteiger partial charge in [-0.25, -0.2) is 9.78 Å². The van der Waals surface area contributed by atoms with Crippen LogP contribution >= 0.6 is 0 Å². The maximum absolute atomic E-state index is 13.5. The Hall–Kier alpha value is -3.89. The van der Waals surface area contributed by atoms with Crippen LogP contribution in [-0.2, 0) is 24.7 Å². The summed E-state index contributed by atoms with van der Waals surface area (Å²) in [6.07, 6.45) is 8.85. The maximum atomic E-state index is 13.5. The number of hydrogen-bond donors (Lipinski definition) is 4. The number of imidazole rings is 1. The number of aromatic amines is 1. The third-order valence-electron chi connectivity index (χ3n) is 9.77. The summed E-state index contributed by atoms with van der Waals surface area (Å²) >= 11 is 0. The average molecular weight is 575 g/mol. The molecule has 1 saturated carbocycles. The van der Waals surface area contributed by atoms with Crippen molar-refractivity contribution in [3.8, 4) is 0 Å². The van der Waals surface area contributed by atoms with Crippen LogP contribution < -0.4 is 16.0 Å². The molecule has 42 heavy (non-hydrogen) atoms. The molecule has 2 aliphatic carbocycles. The summed E-state index contributed by atoms with van der Waals surface area (Å²) < 4.78 is 1.59. The first-order chi connectivity index (χ1) is 20.2. The van der Waals surface area contributed by atoms with Crippen LogP contribution in [-0.4, -0.2) is 67.7 Å². The van der Waals surface area contributed by atoms with Crippen LogP contribution in [0, 0.1) is 11.8 Å². The second-order valence-electron chi connectivity index (χ2n) is 12.6. The average Bonchev–Trinajstić information content (AvgIpc) is 3.72. The Kier molecular flexibility index (Phi) is 7.44. The van der Waals surface area contributed by atoms with E-state index in [4.69, 9.17) is 4.98 Å². The summed E-state index contributed by atoms with van der Waals surface area (Å²) in [4.78, 5) is 50.2. The van der Waals surface area contributed by atoms with E-state index in [1.54, 1.807) is 35.9 Å². The van der Waals surface area contributed by atoms with Crippen molar-refractivity contribution in [2.45, 2.75) is 82.8 Å². The summed E-state index contributed by atoms with van der Waals surface area (Å²) in [5.41, 5.74) is 3.48. The van der Waals surface area contributed by atoms with E-state index in [-0.39, 0.29) is 41.8 Å². The number of nitrogens with one attached hydrogen (secondary N) is 4. The summed E-state index contributed by atoms with van der Waals surface area (Å²) in [6, 6.07) is 5.51. The Morgan fingerprint density at radius 2 is 1.93 bits per heavy atom. The van der Waals surface area contributed by atoms with Gasteiger partial charge in [-0.3, -0.25) is 14.3 Å². The van der Waals surface area contributed by atoms with Gasteiger partial charge in [0.1, 0.15) is 17.1 Å². The molecule has 11 nitrogen and oxygen atoms in total. The zero-order chi connectivity index (χ0) is 29.6. The van der Waals surface area contributed by atoms with Gasteiger partial charge in [0.2, 0.25) is 5.91 Å². The van der Waals surface area contributed by atoms with Gasteiger partial charge in [0, 0.05) is 33.3 Å². The van der Waals surface area contributed by atoms with Crippen LogP contribution in [0.2, 0.25) is 0 Å². The SMILES string of the molecule is CNC(=O)C1(N2C[C@@H](C(C)C)NC2=O)CCc2cc3nc([C@@H](NC(=O)c4ccnn4C)C4CCCCC4)[nH]c3cc2C1. The molecule has 6 rings (SSSR count). The van der Waals surface area contributed by atoms with Gasteiger partial charge in [-0.05, 0) is 66.8 Å². The number of aromatic nitrogens is 4. The highest BCUT2D eigenvalue weighted by Crippen LogP contribution is 2.39. The number of hydrogen-bond acceptors (Lipinski definition) is 5. The highest BCUT2D eigenvalue weighted by molar-refractivity contribution is 5.93. The van der Waals surface area contributed by atoms with E-state index in [2.05, 4.69) is 52.0 Å². The van der Waals surface area contributed by atoms with Crippen molar-refractivity contribution < 1.29 is 14.4 Å². The molecule has 0 radical (unpaired) electrons. The third kappa shape index (κ3) is 4.92. The number of carbonyl (C=O) groups excluding carboxylic acids is 3. The lowest BCUT2D eigenvalue weighted by molar-refractivity contribution is -0.131. The van der Waals surface area contributed by atoms with E-state index in [1.165, 1.54) is 6.42 Å². The molecule has 3 aromatic rings. The molecule has 0 spiro atoms. The predicted octanol–water partition coefficient (Wildman–Crippen LogP) is 3.37. The number of fused-ring (bicyclic) bond motifs is 2. The standard InChI is InChI=1S/C31H42N8O3/c1-18(2)24-17-39(30(42)36-24)31(29(41)32-3)12-10-20-14-22-23(15-21(20)16-31)35-27(34-22)26(19-8-6-5-7-9-19)37-28(40)25-11-13-33-38(25)4/h11,13-15,18-19,24,26H,5-10,12,16-17H2,1-4H3,(H,32,41)(H,34,35)(H,36,42)(H,37,40)/t24-,26-,31?/m0/s1. The van der Waals surface area contributed by atoms with Gasteiger partial charge in [-0.1, -0.05) is 33.1 Å². The number of aryl methyl sites for hydroxylation is 2. The van der Waals surface area contributed by atoms with Crippen LogP contribution in [0.5, 0.6) is 0 Å². The second kappa shape index (κ2) is 11.1. The van der Waals surface area contributed by atoms with Gasteiger partial charge < -0.3 is 25.8 Å². The zero-order valence-electron chi connectivity index (χ0n) is 25.0. The Balaban J connectivity index is 1.33. The first-order valence-corrected chi connectivity index (χ1v) is 15.3. The minimum atomic E-state index is -0.951. The first kappa shape index (κ1) is 28.2. The molecular formula is C31H42N8O3. The van der Waals surface area contributed by atoms with Crippen molar-refractivity contribution in [3.63, 3.8) is 0 Å². The van der Waals surface area contributed by atoms with Crippen LogP contribution in [0.1, 0.15) is 85.9 Å². The van der Waals surface area contributed by atoms with Gasteiger partial charge in [0.25, 0.3) is 5.91 Å². The maximum Gasteiger partial charge on any atom is 0.318 e. The summed E-state index contributed by atoms with van der Waals surface area (Å²) in [7, 11) is 3.41. The van der Waals surface area contributed by atoms with Gasteiger partial charge in [0.15, 0.2) is 0 Å². The summed E-state index contributed by atoms with van der Waals surface area (Å²) in [5, 5.41) is 13.4. The third-order valence-corrected chi connectivity index (χ3v) is 9.77. The van der Waals surface area contributed by atoms with Crippen LogP contribution in [0.25, 0.3) is 11.0 Å². The van der Waals surface area contributed by atoms with E-state index < -0.39 is 5.54 Å². The Bertz CT molecular complexity index is 1500. The van der Waals surface area contributed by atoms with E-state index >= 15 is 0 Å². The van der Waals surface area contributed by atoms with E-state index in [0.717, 1.165) is 53.7 Å². The first-order valence-electron chi connectivity index (χ1n) is 15.3. The molecule has 11 heteroatoms. The molecule has 1 aliphatic heterocycles. The molecule has 2 fully saturated rings. The fourth-order valence-electron chi connectivity index (χ4n) is 7.23. The number of amides is 4. The van der Waals surface area contributed by atoms with Crippen LogP contribution in [0.4, 0.5) is 4.79 Å². The number of H-pyrrole nitrogens is 1. The number of urea groups is 1. The molecule has 2 aromatic heterocycles. The summed E-state index contributed by atoms with van der Waals surface area (Å²) in [5.74, 6) is 1.02. The lowest BCUT2D eigenvalue weighted by Crippen LogP contribution is -2.62. The van der Waals surface area contributed by atoms with Gasteiger partial charge >= 0.3 is 6.03 Å². The fraction of sp³-hybridized carbons (Fsp3) is 0.581. The molecular weight excluding hydrogens is 532 g/mol. The van der Waals surface area contributed by atoms with Crippen molar-refractivity contribution >= 4 is 28.9 Å². The highest BCUT2D eigenvalue weighted by Gasteiger charge is 2.51. The summed E-state index contributed by atoms with van der Waals surface area (Å²) in [6.45, 7) is 4.68. The van der Waals surface area contributed by atoms with E-state index in [9.17, 15) is 14.4 Å². The normalized spacial score (nSPS) is 23.6. The van der Waals surface area contributed by atoms with Crippen molar-refractivity contribution in [1.29, 1.82) is 0 Å². The molecule has 0 bridgehead atoms. The van der Waals surface area contributed by atoms with Gasteiger partial charge in [-0.2, -0.15) is 5.10 Å². The smallest absolute Gasteiger partial charge is 0.318 e. The molecule has 3 heterocycles. The van der Waals surface area contributed by atoms with Crippen LogP contribution in [0.3, 0.4) is 0 Å². The van der Waals surface area contributed by atoms with Gasteiger partial charge in [-0.15, -0.1) is 0 Å². The van der Waals surface area contributed by atoms with Crippen molar-refractivity contribution in [1.82, 2.24) is 40.6 Å². The van der Waals surface area contributed by atoms with Crippen molar-refractivity contribution in [3.05, 3.63) is 47.0 Å². The molecule has 1 unspecified atom stereocenters. The minimum Gasteiger partial charge on any atom is -0.357 e. The fourth-order valence-corrected chi connectivity index (χ4v) is 7.23. The monoisotopic (exact) mass is 574 g/mol. The number of rotatable bonds is 7. The lowest BCUT2D eigenvalue weighted by Gasteiger charge is -2.43. The van der Waals surface area contributed by atoms with Crippen molar-refractivity contribution in [2.24, 2.45) is 18.9 Å². The quantitative estimate of drug-likeness (QED) is 0.343. The molecule has 3 atom stereocenters. The second-order valence-corrected chi connectivity index (χ2v) is 12.6. The number of likely N-dealkylation sites (N-methyl/N-ethyl adjacent to an activating group) is 1. The van der Waals surface area contributed by atoms with E-state index in [1.807, 2.05) is 0 Å². The number of carbonyl (C=O) groups is 3. The van der Waals surface area contributed by atoms with Gasteiger partial charge in [0.05, 0.1) is 23.1 Å². The molecule has 4 N–H and O–H groups in total. The Labute approximate surface area is 246 Å². The number of benzene rings is 1. The van der Waals surface area contributed by atoms with Crippen LogP contribution in [0.15, 0.2) is 24.4 Å².